The number of alkyl halides is 3. The molecule has 0 aliphatic carbocycles. The number of nitrogens with two attached hydrogens (primary N) is 1. The van der Waals surface area contributed by atoms with Gasteiger partial charge in [-0.2, -0.15) is 13.2 Å². The molecule has 0 saturated carbocycles. The van der Waals surface area contributed by atoms with E-state index in [1.54, 1.807) is 12.1 Å². The third-order valence-corrected chi connectivity index (χ3v) is 6.79. The molecule has 4 rings (SSSR count). The van der Waals surface area contributed by atoms with Crippen molar-refractivity contribution in [2.24, 2.45) is 0 Å². The molecule has 2 aliphatic rings. The van der Waals surface area contributed by atoms with Gasteiger partial charge in [0.25, 0.3) is 0 Å². The number of halogens is 3. The van der Waals surface area contributed by atoms with Crippen LogP contribution in [0.25, 0.3) is 0 Å². The summed E-state index contributed by atoms with van der Waals surface area (Å²) in [6, 6.07) is 14.5. The monoisotopic (exact) mass is 432 g/mol. The molecule has 0 unspecified atom stereocenters. The van der Waals surface area contributed by atoms with Crippen molar-refractivity contribution in [3.63, 3.8) is 0 Å². The number of ether oxygens (including phenoxy) is 1. The number of benzene rings is 2. The van der Waals surface area contributed by atoms with E-state index in [-0.39, 0.29) is 5.60 Å². The fourth-order valence-electron chi connectivity index (χ4n) is 5.43. The largest absolute Gasteiger partial charge is 0.487 e. The van der Waals surface area contributed by atoms with Crippen molar-refractivity contribution in [3.05, 3.63) is 59.7 Å². The van der Waals surface area contributed by atoms with Crippen molar-refractivity contribution in [3.8, 4) is 5.75 Å². The topological polar surface area (TPSA) is 38.5 Å². The van der Waals surface area contributed by atoms with E-state index in [2.05, 4.69) is 11.8 Å². The summed E-state index contributed by atoms with van der Waals surface area (Å²) in [5.74, 6) is 0.855. The molecule has 0 spiro atoms. The van der Waals surface area contributed by atoms with E-state index in [0.717, 1.165) is 43.7 Å². The maximum atomic E-state index is 13.2. The molecule has 0 amide bonds. The van der Waals surface area contributed by atoms with Gasteiger partial charge in [0.05, 0.1) is 5.56 Å². The van der Waals surface area contributed by atoms with Crippen LogP contribution < -0.4 is 10.5 Å². The molecule has 2 aromatic carbocycles. The molecule has 0 radical (unpaired) electrons. The number of aryl methyl sites for hydroxylation is 1. The second-order valence-electron chi connectivity index (χ2n) is 9.26. The number of anilines is 1. The average Bonchev–Trinajstić information content (AvgIpc) is 2.97. The Morgan fingerprint density at radius 1 is 1.00 bits per heavy atom. The summed E-state index contributed by atoms with van der Waals surface area (Å²) >= 11 is 0. The van der Waals surface area contributed by atoms with Gasteiger partial charge < -0.3 is 10.5 Å². The Hall–Kier alpha value is -2.21. The lowest BCUT2D eigenvalue weighted by molar-refractivity contribution is -0.138. The molecule has 31 heavy (non-hydrogen) atoms. The Labute approximate surface area is 182 Å². The zero-order valence-electron chi connectivity index (χ0n) is 18.0. The molecule has 0 aromatic heterocycles. The van der Waals surface area contributed by atoms with E-state index < -0.39 is 11.7 Å². The molecule has 2 heterocycles. The number of nitrogens with zero attached hydrogens (tertiary/aromatic N) is 1. The molecular formula is C25H31F3N2O. The second-order valence-corrected chi connectivity index (χ2v) is 9.26. The van der Waals surface area contributed by atoms with Gasteiger partial charge in [0.15, 0.2) is 0 Å². The molecule has 2 aromatic rings. The molecule has 168 valence electrons. The number of rotatable bonds is 7. The molecule has 3 atom stereocenters. The van der Waals surface area contributed by atoms with Crippen molar-refractivity contribution in [2.75, 3.05) is 12.3 Å². The summed E-state index contributed by atoms with van der Waals surface area (Å²) in [7, 11) is 0. The number of hydrogen-bond donors (Lipinski definition) is 1. The zero-order valence-corrected chi connectivity index (χ0v) is 18.0. The molecule has 6 heteroatoms. The van der Waals surface area contributed by atoms with Gasteiger partial charge in [0.2, 0.25) is 0 Å². The van der Waals surface area contributed by atoms with E-state index in [0.29, 0.717) is 24.1 Å². The van der Waals surface area contributed by atoms with Crippen LogP contribution in [0.2, 0.25) is 0 Å². The first-order valence-corrected chi connectivity index (χ1v) is 11.2. The van der Waals surface area contributed by atoms with Gasteiger partial charge in [0.1, 0.15) is 11.4 Å². The average molecular weight is 433 g/mol. The maximum Gasteiger partial charge on any atom is 0.416 e. The molecule has 2 saturated heterocycles. The van der Waals surface area contributed by atoms with Crippen LogP contribution in [0.1, 0.15) is 56.6 Å². The van der Waals surface area contributed by atoms with E-state index in [1.165, 1.54) is 25.0 Å². The number of unbranched alkanes of at least 4 members (excludes halogenated alkanes) is 1. The van der Waals surface area contributed by atoms with Crippen molar-refractivity contribution in [1.29, 1.82) is 0 Å². The van der Waals surface area contributed by atoms with Crippen LogP contribution in [0.3, 0.4) is 0 Å². The van der Waals surface area contributed by atoms with E-state index in [4.69, 9.17) is 10.5 Å². The highest BCUT2D eigenvalue weighted by Gasteiger charge is 2.47. The van der Waals surface area contributed by atoms with Crippen LogP contribution in [0.4, 0.5) is 18.9 Å². The summed E-state index contributed by atoms with van der Waals surface area (Å²) in [5, 5.41) is 0. The highest BCUT2D eigenvalue weighted by molar-refractivity contribution is 5.41. The molecule has 2 aliphatic heterocycles. The van der Waals surface area contributed by atoms with Gasteiger partial charge in [-0.3, -0.25) is 4.90 Å². The zero-order chi connectivity index (χ0) is 22.1. The SMILES string of the molecule is C[C@@]1(Oc2ccc(N)cc2)C[C@H]2CC[C@@H](C1)N2CCCCc1ccccc1C(F)(F)F. The van der Waals surface area contributed by atoms with Crippen molar-refractivity contribution in [1.82, 2.24) is 4.90 Å². The van der Waals surface area contributed by atoms with E-state index >= 15 is 0 Å². The Balaban J connectivity index is 1.29. The fourth-order valence-corrected chi connectivity index (χ4v) is 5.43. The quantitative estimate of drug-likeness (QED) is 0.426. The normalized spacial score (nSPS) is 26.2. The number of hydrogen-bond acceptors (Lipinski definition) is 3. The molecule has 2 bridgehead atoms. The Morgan fingerprint density at radius 2 is 1.65 bits per heavy atom. The standard InChI is InChI=1S/C25H31F3N2O/c1-24(31-22-13-9-19(29)10-14-22)16-20-11-12-21(17-24)30(20)15-5-4-7-18-6-2-3-8-23(18)25(26,27)28/h2-3,6,8-10,13-14,20-21H,4-5,7,11-12,15-17,29H2,1H3/t20-,21+,24-. The van der Waals surface area contributed by atoms with Crippen LogP contribution in [0.15, 0.2) is 48.5 Å². The van der Waals surface area contributed by atoms with Crippen LogP contribution in [-0.2, 0) is 12.6 Å². The number of nitrogen functional groups attached to an aromatic ring is 1. The minimum atomic E-state index is -4.28. The summed E-state index contributed by atoms with van der Waals surface area (Å²) in [6.45, 7) is 3.14. The summed E-state index contributed by atoms with van der Waals surface area (Å²) in [5.41, 5.74) is 6.22. The second kappa shape index (κ2) is 8.73. The predicted molar refractivity (Wildman–Crippen MR) is 117 cm³/mol. The summed E-state index contributed by atoms with van der Waals surface area (Å²) < 4.78 is 45.9. The first-order valence-electron chi connectivity index (χ1n) is 11.2. The van der Waals surface area contributed by atoms with Crippen LogP contribution in [0, 0.1) is 0 Å². The lowest BCUT2D eigenvalue weighted by atomic mass is 9.87. The van der Waals surface area contributed by atoms with Gasteiger partial charge in [0, 0.05) is 30.6 Å². The maximum absolute atomic E-state index is 13.2. The first-order chi connectivity index (χ1) is 14.7. The predicted octanol–water partition coefficient (Wildman–Crippen LogP) is 6.07. The number of fused-ring (bicyclic) bond motifs is 2. The lowest BCUT2D eigenvalue weighted by Gasteiger charge is -2.45. The lowest BCUT2D eigenvalue weighted by Crippen LogP contribution is -2.52. The van der Waals surface area contributed by atoms with Crippen LogP contribution >= 0.6 is 0 Å². The van der Waals surface area contributed by atoms with E-state index in [1.807, 2.05) is 24.3 Å². The molecular weight excluding hydrogens is 401 g/mol. The Bertz CT molecular complexity index is 867. The van der Waals surface area contributed by atoms with E-state index in [9.17, 15) is 13.2 Å². The third kappa shape index (κ3) is 5.17. The molecule has 2 fully saturated rings. The fraction of sp³-hybridized carbons (Fsp3) is 0.520. The highest BCUT2D eigenvalue weighted by Crippen LogP contribution is 2.43. The van der Waals surface area contributed by atoms with Crippen LogP contribution in [0.5, 0.6) is 5.75 Å². The minimum Gasteiger partial charge on any atom is -0.487 e. The smallest absolute Gasteiger partial charge is 0.416 e. The van der Waals surface area contributed by atoms with Gasteiger partial charge >= 0.3 is 6.18 Å². The molecule has 3 nitrogen and oxygen atoms in total. The minimum absolute atomic E-state index is 0.190. The van der Waals surface area contributed by atoms with Gasteiger partial charge in [-0.25, -0.2) is 0 Å². The van der Waals surface area contributed by atoms with Crippen molar-refractivity contribution >= 4 is 5.69 Å². The third-order valence-electron chi connectivity index (χ3n) is 6.79. The van der Waals surface area contributed by atoms with Crippen molar-refractivity contribution in [2.45, 2.75) is 75.7 Å². The van der Waals surface area contributed by atoms with Crippen molar-refractivity contribution < 1.29 is 17.9 Å². The van der Waals surface area contributed by atoms with Gasteiger partial charge in [-0.1, -0.05) is 18.2 Å². The van der Waals surface area contributed by atoms with Crippen LogP contribution in [-0.4, -0.2) is 29.1 Å². The Kier molecular flexibility index (Phi) is 6.20. The first kappa shape index (κ1) is 22.0. The highest BCUT2D eigenvalue weighted by atomic mass is 19.4. The molecule has 2 N–H and O–H groups in total. The van der Waals surface area contributed by atoms with Gasteiger partial charge in [-0.05, 0) is 81.5 Å². The number of piperidine rings is 1. The van der Waals surface area contributed by atoms with Gasteiger partial charge in [-0.15, -0.1) is 0 Å². The summed E-state index contributed by atoms with van der Waals surface area (Å²) in [4.78, 5) is 2.57. The Morgan fingerprint density at radius 3 is 2.29 bits per heavy atom. The summed E-state index contributed by atoms with van der Waals surface area (Å²) in [6.07, 6.45) is 2.16.